The van der Waals surface area contributed by atoms with Crippen molar-refractivity contribution in [1.82, 2.24) is 10.4 Å². The second-order valence-electron chi connectivity index (χ2n) is 8.44. The topological polar surface area (TPSA) is 43.0 Å². The van der Waals surface area contributed by atoms with Crippen molar-refractivity contribution in [3.63, 3.8) is 0 Å². The van der Waals surface area contributed by atoms with Crippen LogP contribution in [-0.4, -0.2) is 11.8 Å². The van der Waals surface area contributed by atoms with Crippen molar-refractivity contribution in [3.05, 3.63) is 95.1 Å². The quantitative estimate of drug-likeness (QED) is 0.613. The van der Waals surface area contributed by atoms with E-state index in [1.54, 1.807) is 0 Å². The molecule has 31 heavy (non-hydrogen) atoms. The number of nitrogens with one attached hydrogen (secondary N) is 1. The zero-order valence-corrected chi connectivity index (χ0v) is 17.5. The minimum atomic E-state index is -0.233. The Bertz CT molecular complexity index is 1170. The Hall–Kier alpha value is -3.44. The van der Waals surface area contributed by atoms with Gasteiger partial charge in [-0.15, -0.1) is 0 Å². The molecule has 0 saturated heterocycles. The molecule has 3 aromatic rings. The molecule has 3 aliphatic rings. The molecule has 0 aliphatic carbocycles. The monoisotopic (exact) mass is 412 g/mol. The van der Waals surface area contributed by atoms with Gasteiger partial charge in [-0.3, -0.25) is 0 Å². The maximum atomic E-state index is 6.48. The van der Waals surface area contributed by atoms with E-state index in [-0.39, 0.29) is 19.1 Å². The van der Waals surface area contributed by atoms with Crippen molar-refractivity contribution < 1.29 is 14.2 Å². The highest BCUT2D eigenvalue weighted by Crippen LogP contribution is 2.46. The van der Waals surface area contributed by atoms with Crippen LogP contribution in [-0.2, 0) is 0 Å². The maximum absolute atomic E-state index is 6.48. The van der Waals surface area contributed by atoms with Crippen LogP contribution in [0.4, 0.5) is 0 Å². The largest absolute Gasteiger partial charge is 0.469 e. The Labute approximate surface area is 181 Å². The van der Waals surface area contributed by atoms with Crippen molar-refractivity contribution >= 4 is 5.70 Å². The van der Waals surface area contributed by atoms with Crippen LogP contribution in [0.15, 0.2) is 72.8 Å². The molecule has 2 atom stereocenters. The van der Waals surface area contributed by atoms with Gasteiger partial charge in [-0.1, -0.05) is 56.3 Å². The van der Waals surface area contributed by atoms with E-state index in [0.717, 1.165) is 39.6 Å². The van der Waals surface area contributed by atoms with Gasteiger partial charge in [0, 0.05) is 16.7 Å². The summed E-state index contributed by atoms with van der Waals surface area (Å²) in [5.41, 5.74) is 9.29. The highest BCUT2D eigenvalue weighted by atomic mass is 16.7. The zero-order valence-electron chi connectivity index (χ0n) is 17.5. The van der Waals surface area contributed by atoms with Crippen LogP contribution in [0.25, 0.3) is 5.70 Å². The number of para-hydroxylation sites is 1. The molecule has 0 bridgehead atoms. The summed E-state index contributed by atoms with van der Waals surface area (Å²) >= 11 is 0. The van der Waals surface area contributed by atoms with Gasteiger partial charge in [-0.2, -0.15) is 5.01 Å². The highest BCUT2D eigenvalue weighted by Gasteiger charge is 2.40. The minimum absolute atomic E-state index is 0.0696. The Morgan fingerprint density at radius 1 is 0.903 bits per heavy atom. The molecule has 5 nitrogen and oxygen atoms in total. The number of fused-ring (bicyclic) bond motifs is 4. The molecule has 0 saturated carbocycles. The lowest BCUT2D eigenvalue weighted by Gasteiger charge is -2.39. The fourth-order valence-corrected chi connectivity index (χ4v) is 4.44. The molecule has 5 heteroatoms. The third-order valence-corrected chi connectivity index (χ3v) is 6.17. The number of benzene rings is 3. The molecule has 3 aromatic carbocycles. The second kappa shape index (κ2) is 7.06. The molecule has 0 radical (unpaired) electrons. The van der Waals surface area contributed by atoms with Gasteiger partial charge in [0.15, 0.2) is 17.7 Å². The Morgan fingerprint density at radius 2 is 1.71 bits per heavy atom. The number of nitrogens with zero attached hydrogens (tertiary/aromatic N) is 1. The van der Waals surface area contributed by atoms with Gasteiger partial charge < -0.3 is 19.6 Å². The van der Waals surface area contributed by atoms with E-state index >= 15 is 0 Å². The first-order chi connectivity index (χ1) is 15.2. The van der Waals surface area contributed by atoms with Crippen molar-refractivity contribution in [2.75, 3.05) is 6.79 Å². The SMILES string of the molecule is CC(C)c1ccc([C@H]2Oc3ccccc3[C@@H]3C=C(c4ccc5c(c4)OCO5)NN23)cc1. The van der Waals surface area contributed by atoms with Crippen LogP contribution < -0.4 is 19.6 Å². The number of hydrazine groups is 1. The van der Waals surface area contributed by atoms with E-state index in [1.807, 2.05) is 18.2 Å². The van der Waals surface area contributed by atoms with Crippen molar-refractivity contribution in [2.24, 2.45) is 0 Å². The lowest BCUT2D eigenvalue weighted by Crippen LogP contribution is -2.43. The van der Waals surface area contributed by atoms with E-state index < -0.39 is 0 Å². The van der Waals surface area contributed by atoms with Crippen molar-refractivity contribution in [2.45, 2.75) is 32.0 Å². The van der Waals surface area contributed by atoms with Gasteiger partial charge in [0.2, 0.25) is 6.79 Å². The molecular weight excluding hydrogens is 388 g/mol. The zero-order chi connectivity index (χ0) is 20.9. The molecule has 0 unspecified atom stereocenters. The summed E-state index contributed by atoms with van der Waals surface area (Å²) in [6, 6.07) is 23.1. The average Bonchev–Trinajstić information content (AvgIpc) is 3.45. The van der Waals surface area contributed by atoms with Gasteiger partial charge in [0.05, 0.1) is 11.7 Å². The first-order valence-corrected chi connectivity index (χ1v) is 10.7. The molecule has 0 spiro atoms. The van der Waals surface area contributed by atoms with Gasteiger partial charge in [0.1, 0.15) is 5.75 Å². The number of hydrogen-bond acceptors (Lipinski definition) is 5. The average molecular weight is 412 g/mol. The summed E-state index contributed by atoms with van der Waals surface area (Å²) in [7, 11) is 0. The summed E-state index contributed by atoms with van der Waals surface area (Å²) in [4.78, 5) is 0. The van der Waals surface area contributed by atoms with Crippen molar-refractivity contribution in [3.8, 4) is 17.2 Å². The lowest BCUT2D eigenvalue weighted by molar-refractivity contribution is -0.0326. The fourth-order valence-electron chi connectivity index (χ4n) is 4.44. The van der Waals surface area contributed by atoms with Crippen molar-refractivity contribution in [1.29, 1.82) is 0 Å². The standard InChI is InChI=1S/C26H24N2O3/c1-16(2)17-7-9-18(10-8-17)26-28-22(20-5-3-4-6-23(20)31-26)14-21(27-28)19-11-12-24-25(13-19)30-15-29-24/h3-14,16,22,26-27H,15H2,1-2H3/t22-,26+/m0/s1. The third-order valence-electron chi connectivity index (χ3n) is 6.17. The summed E-state index contributed by atoms with van der Waals surface area (Å²) in [6.45, 7) is 4.69. The molecule has 156 valence electrons. The smallest absolute Gasteiger partial charge is 0.231 e. The maximum Gasteiger partial charge on any atom is 0.231 e. The first kappa shape index (κ1) is 18.3. The van der Waals surface area contributed by atoms with Crippen LogP contribution in [0, 0.1) is 0 Å². The number of hydrogen-bond donors (Lipinski definition) is 1. The normalized spacial score (nSPS) is 21.2. The minimum Gasteiger partial charge on any atom is -0.469 e. The summed E-state index contributed by atoms with van der Waals surface area (Å²) in [6.07, 6.45) is 2.03. The summed E-state index contributed by atoms with van der Waals surface area (Å²) < 4.78 is 17.5. The van der Waals surface area contributed by atoms with Crippen LogP contribution in [0.3, 0.4) is 0 Å². The van der Waals surface area contributed by atoms with Crippen LogP contribution >= 0.6 is 0 Å². The van der Waals surface area contributed by atoms with Gasteiger partial charge >= 0.3 is 0 Å². The van der Waals surface area contributed by atoms with Crippen LogP contribution in [0.5, 0.6) is 17.2 Å². The Balaban J connectivity index is 1.38. The lowest BCUT2D eigenvalue weighted by atomic mass is 9.98. The molecule has 6 rings (SSSR count). The van der Waals surface area contributed by atoms with E-state index in [2.05, 4.69) is 78.9 Å². The second-order valence-corrected chi connectivity index (χ2v) is 8.44. The Kier molecular flexibility index (Phi) is 4.18. The summed E-state index contributed by atoms with van der Waals surface area (Å²) in [5.74, 6) is 2.99. The predicted octanol–water partition coefficient (Wildman–Crippen LogP) is 5.53. The van der Waals surface area contributed by atoms with E-state index in [0.29, 0.717) is 5.92 Å². The van der Waals surface area contributed by atoms with E-state index in [1.165, 1.54) is 5.56 Å². The number of rotatable bonds is 3. The van der Waals surface area contributed by atoms with Gasteiger partial charge in [-0.25, -0.2) is 0 Å². The molecule has 1 N–H and O–H groups in total. The summed E-state index contributed by atoms with van der Waals surface area (Å²) in [5, 5.41) is 2.19. The highest BCUT2D eigenvalue weighted by molar-refractivity contribution is 5.70. The molecule has 0 fully saturated rings. The molecular formula is C26H24N2O3. The van der Waals surface area contributed by atoms with Crippen LogP contribution in [0.2, 0.25) is 0 Å². The van der Waals surface area contributed by atoms with E-state index in [9.17, 15) is 0 Å². The first-order valence-electron chi connectivity index (χ1n) is 10.7. The van der Waals surface area contributed by atoms with Gasteiger partial charge in [-0.05, 0) is 41.8 Å². The molecule has 3 heterocycles. The third kappa shape index (κ3) is 3.04. The fraction of sp³-hybridized carbons (Fsp3) is 0.231. The predicted molar refractivity (Wildman–Crippen MR) is 119 cm³/mol. The Morgan fingerprint density at radius 3 is 2.55 bits per heavy atom. The molecule has 0 aromatic heterocycles. The number of ether oxygens (including phenoxy) is 3. The molecule has 0 amide bonds. The van der Waals surface area contributed by atoms with Crippen LogP contribution in [0.1, 0.15) is 54.3 Å². The van der Waals surface area contributed by atoms with E-state index in [4.69, 9.17) is 14.2 Å². The van der Waals surface area contributed by atoms with Gasteiger partial charge in [0.25, 0.3) is 0 Å². The molecule has 3 aliphatic heterocycles.